The van der Waals surface area contributed by atoms with Crippen LogP contribution in [0, 0.1) is 25.6 Å². The Bertz CT molecular complexity index is 755. The molecule has 1 aromatic carbocycles. The Morgan fingerprint density at radius 3 is 2.75 bits per heavy atom. The molecule has 5 nitrogen and oxygen atoms in total. The number of halogens is 1. The van der Waals surface area contributed by atoms with Crippen LogP contribution in [0.5, 0.6) is 0 Å². The average molecular weight is 330 g/mol. The van der Waals surface area contributed by atoms with E-state index in [0.29, 0.717) is 17.8 Å². The fourth-order valence-corrected chi connectivity index (χ4v) is 3.34. The van der Waals surface area contributed by atoms with Crippen molar-refractivity contribution < 1.29 is 9.18 Å². The number of nitrogens with one attached hydrogen (secondary N) is 1. The van der Waals surface area contributed by atoms with Crippen molar-refractivity contribution in [3.63, 3.8) is 0 Å². The quantitative estimate of drug-likeness (QED) is 0.908. The predicted molar refractivity (Wildman–Crippen MR) is 91.6 cm³/mol. The minimum Gasteiger partial charge on any atom is -0.328 e. The maximum absolute atomic E-state index is 14.4. The summed E-state index contributed by atoms with van der Waals surface area (Å²) in [6, 6.07) is 6.65. The molecule has 6 heteroatoms. The van der Waals surface area contributed by atoms with Gasteiger partial charge in [-0.1, -0.05) is 6.42 Å². The Balaban J connectivity index is 1.75. The first-order valence-corrected chi connectivity index (χ1v) is 8.33. The number of rotatable bonds is 3. The van der Waals surface area contributed by atoms with Gasteiger partial charge in [0.15, 0.2) is 5.82 Å². The molecular weight excluding hydrogens is 307 g/mol. The van der Waals surface area contributed by atoms with Crippen LogP contribution in [0.3, 0.4) is 0 Å². The molecule has 0 spiro atoms. The number of anilines is 1. The second-order valence-electron chi connectivity index (χ2n) is 6.62. The zero-order chi connectivity index (χ0) is 17.3. The van der Waals surface area contributed by atoms with E-state index >= 15 is 0 Å². The van der Waals surface area contributed by atoms with Crippen LogP contribution in [-0.2, 0) is 4.79 Å². The van der Waals surface area contributed by atoms with Gasteiger partial charge in [0, 0.05) is 23.3 Å². The summed E-state index contributed by atoms with van der Waals surface area (Å²) in [5, 5.41) is 7.10. The van der Waals surface area contributed by atoms with Crippen molar-refractivity contribution in [2.75, 3.05) is 5.32 Å². The van der Waals surface area contributed by atoms with E-state index in [1.54, 1.807) is 16.8 Å². The Kier molecular flexibility index (Phi) is 4.66. The van der Waals surface area contributed by atoms with Gasteiger partial charge >= 0.3 is 0 Å². The van der Waals surface area contributed by atoms with Crippen molar-refractivity contribution in [2.45, 2.75) is 45.6 Å². The van der Waals surface area contributed by atoms with Crippen molar-refractivity contribution in [1.82, 2.24) is 9.78 Å². The van der Waals surface area contributed by atoms with Crippen molar-refractivity contribution in [2.24, 2.45) is 11.7 Å². The van der Waals surface area contributed by atoms with Crippen LogP contribution in [0.4, 0.5) is 10.1 Å². The van der Waals surface area contributed by atoms with E-state index in [1.165, 1.54) is 6.07 Å². The molecule has 0 aliphatic heterocycles. The van der Waals surface area contributed by atoms with E-state index in [1.807, 2.05) is 19.9 Å². The largest absolute Gasteiger partial charge is 0.328 e. The Hall–Kier alpha value is -2.21. The van der Waals surface area contributed by atoms with Gasteiger partial charge in [0.1, 0.15) is 5.69 Å². The summed E-state index contributed by atoms with van der Waals surface area (Å²) in [6.07, 6.45) is 3.46. The summed E-state index contributed by atoms with van der Waals surface area (Å²) < 4.78 is 16.0. The molecule has 2 aromatic rings. The molecule has 1 saturated carbocycles. The maximum Gasteiger partial charge on any atom is 0.227 e. The zero-order valence-corrected chi connectivity index (χ0v) is 14.1. The van der Waals surface area contributed by atoms with Gasteiger partial charge in [-0.2, -0.15) is 5.10 Å². The lowest BCUT2D eigenvalue weighted by Gasteiger charge is -2.25. The van der Waals surface area contributed by atoms with Crippen molar-refractivity contribution >= 4 is 11.6 Å². The minimum absolute atomic E-state index is 0.0802. The van der Waals surface area contributed by atoms with Crippen LogP contribution in [-0.4, -0.2) is 21.7 Å². The third-order valence-electron chi connectivity index (χ3n) is 4.54. The number of aryl methyl sites for hydroxylation is 2. The fourth-order valence-electron chi connectivity index (χ4n) is 3.34. The average Bonchev–Trinajstić information content (AvgIpc) is 2.86. The number of nitrogens with two attached hydrogens (primary N) is 1. The number of hydrogen-bond donors (Lipinski definition) is 2. The van der Waals surface area contributed by atoms with Crippen LogP contribution < -0.4 is 11.1 Å². The minimum atomic E-state index is -0.417. The topological polar surface area (TPSA) is 72.9 Å². The Labute approximate surface area is 141 Å². The van der Waals surface area contributed by atoms with Crippen LogP contribution in [0.25, 0.3) is 5.69 Å². The first-order valence-electron chi connectivity index (χ1n) is 8.33. The Morgan fingerprint density at radius 1 is 1.33 bits per heavy atom. The highest BCUT2D eigenvalue weighted by Gasteiger charge is 2.25. The summed E-state index contributed by atoms with van der Waals surface area (Å²) in [5.41, 5.74) is 8.46. The van der Waals surface area contributed by atoms with Crippen molar-refractivity contribution in [3.8, 4) is 5.69 Å². The third kappa shape index (κ3) is 3.48. The molecule has 1 aliphatic rings. The first-order chi connectivity index (χ1) is 11.4. The lowest BCUT2D eigenvalue weighted by molar-refractivity contribution is -0.120. The van der Waals surface area contributed by atoms with E-state index in [9.17, 15) is 9.18 Å². The highest BCUT2D eigenvalue weighted by atomic mass is 19.1. The number of carbonyl (C=O) groups is 1. The number of hydrogen-bond acceptors (Lipinski definition) is 3. The highest BCUT2D eigenvalue weighted by molar-refractivity contribution is 5.92. The summed E-state index contributed by atoms with van der Waals surface area (Å²) in [5.74, 6) is -0.588. The number of nitrogens with zero attached hydrogens (tertiary/aromatic N) is 2. The molecule has 0 saturated heterocycles. The Morgan fingerprint density at radius 2 is 2.12 bits per heavy atom. The first kappa shape index (κ1) is 16.6. The normalized spacial score (nSPS) is 20.8. The van der Waals surface area contributed by atoms with Gasteiger partial charge in [-0.15, -0.1) is 0 Å². The number of carbonyl (C=O) groups excluding carboxylic acids is 1. The molecule has 1 aliphatic carbocycles. The molecule has 1 fully saturated rings. The third-order valence-corrected chi connectivity index (χ3v) is 4.54. The summed E-state index contributed by atoms with van der Waals surface area (Å²) >= 11 is 0. The highest BCUT2D eigenvalue weighted by Crippen LogP contribution is 2.25. The fraction of sp³-hybridized carbons (Fsp3) is 0.444. The van der Waals surface area contributed by atoms with Gasteiger partial charge in [0.05, 0.1) is 5.69 Å². The number of amides is 1. The SMILES string of the molecule is Cc1cc(C)n(-c2ccc(NC(=O)C3CCCC(N)C3)cc2F)n1. The molecule has 2 unspecified atom stereocenters. The second kappa shape index (κ2) is 6.73. The lowest BCUT2D eigenvalue weighted by atomic mass is 9.85. The standard InChI is InChI=1S/C18H23FN4O/c1-11-8-12(2)23(22-11)17-7-6-15(10-16(17)19)21-18(24)13-4-3-5-14(20)9-13/h6-8,10,13-14H,3-5,9,20H2,1-2H3,(H,21,24). The lowest BCUT2D eigenvalue weighted by Crippen LogP contribution is -2.34. The molecule has 1 heterocycles. The summed E-state index contributed by atoms with van der Waals surface area (Å²) in [7, 11) is 0. The monoisotopic (exact) mass is 330 g/mol. The molecule has 1 amide bonds. The van der Waals surface area contributed by atoms with Gasteiger partial charge in [0.2, 0.25) is 5.91 Å². The van der Waals surface area contributed by atoms with E-state index in [4.69, 9.17) is 5.73 Å². The van der Waals surface area contributed by atoms with E-state index in [-0.39, 0.29) is 17.9 Å². The molecule has 3 N–H and O–H groups in total. The van der Waals surface area contributed by atoms with Gasteiger partial charge in [-0.25, -0.2) is 9.07 Å². The number of aromatic nitrogens is 2. The summed E-state index contributed by atoms with van der Waals surface area (Å²) in [6.45, 7) is 3.74. The van der Waals surface area contributed by atoms with Crippen LogP contribution in [0.1, 0.15) is 37.1 Å². The molecule has 2 atom stereocenters. The molecule has 24 heavy (non-hydrogen) atoms. The summed E-state index contributed by atoms with van der Waals surface area (Å²) in [4.78, 5) is 12.3. The van der Waals surface area contributed by atoms with Gasteiger partial charge < -0.3 is 11.1 Å². The maximum atomic E-state index is 14.4. The zero-order valence-electron chi connectivity index (χ0n) is 14.1. The van der Waals surface area contributed by atoms with Crippen LogP contribution in [0.2, 0.25) is 0 Å². The second-order valence-corrected chi connectivity index (χ2v) is 6.62. The molecule has 0 bridgehead atoms. The smallest absolute Gasteiger partial charge is 0.227 e. The van der Waals surface area contributed by atoms with Crippen molar-refractivity contribution in [1.29, 1.82) is 0 Å². The van der Waals surface area contributed by atoms with Crippen LogP contribution >= 0.6 is 0 Å². The molecule has 1 aromatic heterocycles. The molecule has 128 valence electrons. The van der Waals surface area contributed by atoms with Gasteiger partial charge in [-0.3, -0.25) is 4.79 Å². The molecule has 3 rings (SSSR count). The van der Waals surface area contributed by atoms with Crippen molar-refractivity contribution in [3.05, 3.63) is 41.5 Å². The number of benzene rings is 1. The van der Waals surface area contributed by atoms with E-state index in [0.717, 1.165) is 30.7 Å². The molecule has 0 radical (unpaired) electrons. The van der Waals surface area contributed by atoms with E-state index < -0.39 is 5.82 Å². The van der Waals surface area contributed by atoms with E-state index in [2.05, 4.69) is 10.4 Å². The predicted octanol–water partition coefficient (Wildman–Crippen LogP) is 3.08. The van der Waals surface area contributed by atoms with Gasteiger partial charge in [0.25, 0.3) is 0 Å². The van der Waals surface area contributed by atoms with Gasteiger partial charge in [-0.05, 0) is 57.4 Å². The molecular formula is C18H23FN4O. The van der Waals surface area contributed by atoms with Crippen LogP contribution in [0.15, 0.2) is 24.3 Å².